The number of carboxylic acid groups (broad SMARTS) is 1. The highest BCUT2D eigenvalue weighted by Crippen LogP contribution is 2.24. The van der Waals surface area contributed by atoms with Gasteiger partial charge in [0.2, 0.25) is 0 Å². The smallest absolute Gasteiger partial charge is 0.310 e. The highest BCUT2D eigenvalue weighted by Gasteiger charge is 2.26. The van der Waals surface area contributed by atoms with Crippen molar-refractivity contribution in [2.45, 2.75) is 13.8 Å². The van der Waals surface area contributed by atoms with Gasteiger partial charge in [-0.1, -0.05) is 28.1 Å². The van der Waals surface area contributed by atoms with E-state index >= 15 is 0 Å². The Morgan fingerprint density at radius 2 is 1.84 bits per heavy atom. The lowest BCUT2D eigenvalue weighted by Crippen LogP contribution is -2.31. The molecule has 0 amide bonds. The van der Waals surface area contributed by atoms with E-state index in [1.54, 1.807) is 13.8 Å². The molecule has 2 aromatic carbocycles. The average molecular weight is 322 g/mol. The lowest BCUT2D eigenvalue weighted by molar-refractivity contribution is -0.146. The van der Waals surface area contributed by atoms with Crippen LogP contribution in [0.1, 0.15) is 13.8 Å². The van der Waals surface area contributed by atoms with Gasteiger partial charge in [0.25, 0.3) is 0 Å². The molecule has 0 aliphatic rings. The summed E-state index contributed by atoms with van der Waals surface area (Å²) in [6, 6.07) is 12.1. The minimum atomic E-state index is -0.801. The standard InChI is InChI=1S/C15H16BrNO2/c1-15(2,14(18)19)9-17-13-6-4-10-7-12(16)5-3-11(10)8-13/h3-8,17H,9H2,1-2H3,(H,18,19). The van der Waals surface area contributed by atoms with Gasteiger partial charge in [0.05, 0.1) is 5.41 Å². The van der Waals surface area contributed by atoms with Crippen molar-refractivity contribution in [3.8, 4) is 0 Å². The number of carboxylic acids is 1. The molecule has 0 aliphatic heterocycles. The van der Waals surface area contributed by atoms with Crippen molar-refractivity contribution in [3.63, 3.8) is 0 Å². The van der Waals surface area contributed by atoms with Gasteiger partial charge in [-0.3, -0.25) is 4.79 Å². The third-order valence-corrected chi connectivity index (χ3v) is 3.61. The van der Waals surface area contributed by atoms with Crippen molar-refractivity contribution in [2.75, 3.05) is 11.9 Å². The summed E-state index contributed by atoms with van der Waals surface area (Å²) in [7, 11) is 0. The van der Waals surface area contributed by atoms with E-state index in [0.717, 1.165) is 20.9 Å². The van der Waals surface area contributed by atoms with Crippen LogP contribution in [0.2, 0.25) is 0 Å². The number of hydrogen-bond acceptors (Lipinski definition) is 2. The molecule has 100 valence electrons. The quantitative estimate of drug-likeness (QED) is 0.890. The molecule has 0 radical (unpaired) electrons. The number of anilines is 1. The summed E-state index contributed by atoms with van der Waals surface area (Å²) in [5, 5.41) is 14.5. The van der Waals surface area contributed by atoms with E-state index in [1.165, 1.54) is 0 Å². The summed E-state index contributed by atoms with van der Waals surface area (Å²) < 4.78 is 1.05. The molecule has 0 atom stereocenters. The van der Waals surface area contributed by atoms with Crippen LogP contribution in [-0.2, 0) is 4.79 Å². The van der Waals surface area contributed by atoms with Crippen LogP contribution in [0.4, 0.5) is 5.69 Å². The van der Waals surface area contributed by atoms with Crippen molar-refractivity contribution in [1.29, 1.82) is 0 Å². The normalized spacial score (nSPS) is 11.5. The van der Waals surface area contributed by atoms with Crippen LogP contribution in [0, 0.1) is 5.41 Å². The first-order valence-electron chi connectivity index (χ1n) is 6.05. The number of benzene rings is 2. The molecule has 2 aromatic rings. The predicted molar refractivity (Wildman–Crippen MR) is 81.6 cm³/mol. The second kappa shape index (κ2) is 5.21. The average Bonchev–Trinajstić information content (AvgIpc) is 2.36. The molecule has 0 heterocycles. The van der Waals surface area contributed by atoms with Crippen molar-refractivity contribution in [2.24, 2.45) is 5.41 Å². The fourth-order valence-electron chi connectivity index (χ4n) is 1.73. The topological polar surface area (TPSA) is 49.3 Å². The molecule has 2 rings (SSSR count). The first kappa shape index (κ1) is 13.9. The van der Waals surface area contributed by atoms with E-state index in [2.05, 4.69) is 27.3 Å². The van der Waals surface area contributed by atoms with Gasteiger partial charge in [-0.2, -0.15) is 0 Å². The Morgan fingerprint density at radius 3 is 2.53 bits per heavy atom. The lowest BCUT2D eigenvalue weighted by Gasteiger charge is -2.20. The lowest BCUT2D eigenvalue weighted by atomic mass is 9.94. The third-order valence-electron chi connectivity index (χ3n) is 3.12. The van der Waals surface area contributed by atoms with Crippen LogP contribution in [0.25, 0.3) is 10.8 Å². The van der Waals surface area contributed by atoms with Crippen molar-refractivity contribution in [1.82, 2.24) is 0 Å². The summed E-state index contributed by atoms with van der Waals surface area (Å²) in [4.78, 5) is 11.0. The molecule has 0 aliphatic carbocycles. The van der Waals surface area contributed by atoms with E-state index < -0.39 is 11.4 Å². The van der Waals surface area contributed by atoms with Crippen LogP contribution in [0.5, 0.6) is 0 Å². The summed E-state index contributed by atoms with van der Waals surface area (Å²) >= 11 is 3.44. The van der Waals surface area contributed by atoms with Gasteiger partial charge in [0.15, 0.2) is 0 Å². The number of hydrogen-bond donors (Lipinski definition) is 2. The van der Waals surface area contributed by atoms with Crippen molar-refractivity contribution in [3.05, 3.63) is 40.9 Å². The Balaban J connectivity index is 2.18. The Labute approximate surface area is 120 Å². The van der Waals surface area contributed by atoms with Gasteiger partial charge >= 0.3 is 5.97 Å². The zero-order chi connectivity index (χ0) is 14.0. The Bertz CT molecular complexity index is 623. The monoisotopic (exact) mass is 321 g/mol. The number of nitrogens with one attached hydrogen (secondary N) is 1. The summed E-state index contributed by atoms with van der Waals surface area (Å²) in [5.41, 5.74) is 0.151. The maximum absolute atomic E-state index is 11.0. The van der Waals surface area contributed by atoms with Crippen LogP contribution in [0.15, 0.2) is 40.9 Å². The number of carbonyl (C=O) groups is 1. The largest absolute Gasteiger partial charge is 0.481 e. The molecule has 0 aromatic heterocycles. The van der Waals surface area contributed by atoms with Crippen molar-refractivity contribution >= 4 is 38.4 Å². The molecule has 0 spiro atoms. The molecule has 0 bridgehead atoms. The van der Waals surface area contributed by atoms with E-state index in [4.69, 9.17) is 5.11 Å². The Hall–Kier alpha value is -1.55. The molecular formula is C15H16BrNO2. The number of rotatable bonds is 4. The second-order valence-corrected chi connectivity index (χ2v) is 6.16. The van der Waals surface area contributed by atoms with E-state index in [1.807, 2.05) is 30.3 Å². The van der Waals surface area contributed by atoms with Crippen LogP contribution in [-0.4, -0.2) is 17.6 Å². The summed E-state index contributed by atoms with van der Waals surface area (Å²) in [5.74, 6) is -0.801. The molecule has 2 N–H and O–H groups in total. The fraction of sp³-hybridized carbons (Fsp3) is 0.267. The van der Waals surface area contributed by atoms with Gasteiger partial charge in [0, 0.05) is 16.7 Å². The molecule has 0 fully saturated rings. The highest BCUT2D eigenvalue weighted by molar-refractivity contribution is 9.10. The van der Waals surface area contributed by atoms with Gasteiger partial charge in [-0.15, -0.1) is 0 Å². The molecule has 0 saturated carbocycles. The minimum absolute atomic E-state index is 0.393. The third kappa shape index (κ3) is 3.26. The summed E-state index contributed by atoms with van der Waals surface area (Å²) in [6.07, 6.45) is 0. The van der Waals surface area contributed by atoms with E-state index in [-0.39, 0.29) is 0 Å². The minimum Gasteiger partial charge on any atom is -0.481 e. The van der Waals surface area contributed by atoms with Gasteiger partial charge in [-0.25, -0.2) is 0 Å². The zero-order valence-electron chi connectivity index (χ0n) is 10.9. The molecule has 4 heteroatoms. The summed E-state index contributed by atoms with van der Waals surface area (Å²) in [6.45, 7) is 3.81. The number of fused-ring (bicyclic) bond motifs is 1. The van der Waals surface area contributed by atoms with Gasteiger partial charge in [0.1, 0.15) is 0 Å². The van der Waals surface area contributed by atoms with Gasteiger partial charge in [-0.05, 0) is 48.9 Å². The van der Waals surface area contributed by atoms with E-state index in [9.17, 15) is 4.79 Å². The zero-order valence-corrected chi connectivity index (χ0v) is 12.5. The van der Waals surface area contributed by atoms with Crippen LogP contribution < -0.4 is 5.32 Å². The highest BCUT2D eigenvalue weighted by atomic mass is 79.9. The first-order chi connectivity index (χ1) is 8.88. The predicted octanol–water partition coefficient (Wildman–Crippen LogP) is 4.13. The molecule has 0 unspecified atom stereocenters. The fourth-order valence-corrected chi connectivity index (χ4v) is 2.10. The Morgan fingerprint density at radius 1 is 1.21 bits per heavy atom. The first-order valence-corrected chi connectivity index (χ1v) is 6.84. The van der Waals surface area contributed by atoms with Gasteiger partial charge < -0.3 is 10.4 Å². The maximum Gasteiger partial charge on any atom is 0.310 e. The molecule has 19 heavy (non-hydrogen) atoms. The van der Waals surface area contributed by atoms with Crippen molar-refractivity contribution < 1.29 is 9.90 Å². The van der Waals surface area contributed by atoms with E-state index in [0.29, 0.717) is 6.54 Å². The number of aliphatic carboxylic acids is 1. The SMILES string of the molecule is CC(C)(CNc1ccc2cc(Br)ccc2c1)C(=O)O. The number of halogens is 1. The molecule has 3 nitrogen and oxygen atoms in total. The second-order valence-electron chi connectivity index (χ2n) is 5.25. The maximum atomic E-state index is 11.0. The molecule has 0 saturated heterocycles. The molecular weight excluding hydrogens is 306 g/mol. The van der Waals surface area contributed by atoms with Crippen LogP contribution in [0.3, 0.4) is 0 Å². The Kier molecular flexibility index (Phi) is 3.80. The van der Waals surface area contributed by atoms with Crippen LogP contribution >= 0.6 is 15.9 Å².